The largest absolute Gasteiger partial charge is 0.507 e. The van der Waals surface area contributed by atoms with E-state index in [4.69, 9.17) is 9.84 Å². The lowest BCUT2D eigenvalue weighted by molar-refractivity contribution is -0.146. The van der Waals surface area contributed by atoms with Crippen LogP contribution in [-0.2, 0) is 9.59 Å². The second kappa shape index (κ2) is 5.86. The zero-order valence-corrected chi connectivity index (χ0v) is 10.1. The Labute approximate surface area is 104 Å². The number of carboxylic acids is 1. The number of benzene rings is 1. The first kappa shape index (κ1) is 13.8. The number of para-hydroxylation sites is 1. The highest BCUT2D eigenvalue weighted by Crippen LogP contribution is 2.25. The fraction of sp³-hybridized carbons (Fsp3) is 0.231. The molecule has 18 heavy (non-hydrogen) atoms. The van der Waals surface area contributed by atoms with Crippen LogP contribution in [-0.4, -0.2) is 28.1 Å². The van der Waals surface area contributed by atoms with E-state index >= 15 is 0 Å². The van der Waals surface area contributed by atoms with Crippen molar-refractivity contribution >= 4 is 17.5 Å². The molecule has 1 aromatic rings. The summed E-state index contributed by atoms with van der Waals surface area (Å²) in [7, 11) is 0. The number of carboxylic acid groups (broad SMARTS) is 1. The van der Waals surface area contributed by atoms with Crippen LogP contribution in [0.3, 0.4) is 0 Å². The molecule has 0 unspecified atom stereocenters. The van der Waals surface area contributed by atoms with E-state index in [1.54, 1.807) is 24.3 Å². The fourth-order valence-corrected chi connectivity index (χ4v) is 1.30. The van der Waals surface area contributed by atoms with Crippen LogP contribution in [0.25, 0.3) is 5.76 Å². The number of aliphatic carboxylic acids is 1. The summed E-state index contributed by atoms with van der Waals surface area (Å²) in [5.41, 5.74) is 0.279. The van der Waals surface area contributed by atoms with Gasteiger partial charge in [-0.15, -0.1) is 0 Å². The second-order valence-electron chi connectivity index (χ2n) is 3.86. The van der Waals surface area contributed by atoms with Crippen LogP contribution in [0, 0.1) is 0 Å². The highest BCUT2D eigenvalue weighted by atomic mass is 16.5. The highest BCUT2D eigenvalue weighted by molar-refractivity contribution is 6.38. The highest BCUT2D eigenvalue weighted by Gasteiger charge is 2.13. The van der Waals surface area contributed by atoms with Crippen molar-refractivity contribution in [2.75, 3.05) is 0 Å². The van der Waals surface area contributed by atoms with E-state index in [1.165, 1.54) is 0 Å². The quantitative estimate of drug-likeness (QED) is 0.474. The lowest BCUT2D eigenvalue weighted by Crippen LogP contribution is -2.10. The van der Waals surface area contributed by atoms with Gasteiger partial charge in [-0.05, 0) is 26.0 Å². The van der Waals surface area contributed by atoms with Gasteiger partial charge in [-0.2, -0.15) is 0 Å². The lowest BCUT2D eigenvalue weighted by Gasteiger charge is -2.13. The van der Waals surface area contributed by atoms with Gasteiger partial charge >= 0.3 is 5.97 Å². The number of carbonyl (C=O) groups is 2. The summed E-state index contributed by atoms with van der Waals surface area (Å²) >= 11 is 0. The molecule has 0 heterocycles. The smallest absolute Gasteiger partial charge is 0.376 e. The van der Waals surface area contributed by atoms with Gasteiger partial charge in [-0.25, -0.2) is 4.79 Å². The molecule has 0 saturated carbocycles. The summed E-state index contributed by atoms with van der Waals surface area (Å²) in [6, 6.07) is 6.54. The molecule has 96 valence electrons. The number of rotatable bonds is 5. The van der Waals surface area contributed by atoms with Crippen LogP contribution >= 0.6 is 0 Å². The monoisotopic (exact) mass is 250 g/mol. The Morgan fingerprint density at radius 2 is 1.83 bits per heavy atom. The van der Waals surface area contributed by atoms with E-state index in [-0.39, 0.29) is 11.7 Å². The fourth-order valence-electron chi connectivity index (χ4n) is 1.30. The Morgan fingerprint density at radius 1 is 1.22 bits per heavy atom. The van der Waals surface area contributed by atoms with Crippen molar-refractivity contribution in [3.8, 4) is 5.75 Å². The minimum atomic E-state index is -1.62. The number of ketones is 1. The maximum absolute atomic E-state index is 11.0. The summed E-state index contributed by atoms with van der Waals surface area (Å²) in [6.45, 7) is 3.64. The Bertz CT molecular complexity index is 488. The van der Waals surface area contributed by atoms with Crippen molar-refractivity contribution < 1.29 is 24.5 Å². The van der Waals surface area contributed by atoms with Gasteiger partial charge in [-0.3, -0.25) is 4.79 Å². The first-order chi connectivity index (χ1) is 8.41. The summed E-state index contributed by atoms with van der Waals surface area (Å²) in [4.78, 5) is 21.4. The molecule has 1 rings (SSSR count). The van der Waals surface area contributed by atoms with Crippen molar-refractivity contribution in [3.63, 3.8) is 0 Å². The Morgan fingerprint density at radius 3 is 2.39 bits per heavy atom. The van der Waals surface area contributed by atoms with Crippen molar-refractivity contribution in [1.29, 1.82) is 0 Å². The predicted molar refractivity (Wildman–Crippen MR) is 65.5 cm³/mol. The van der Waals surface area contributed by atoms with Crippen molar-refractivity contribution in [2.45, 2.75) is 20.0 Å². The van der Waals surface area contributed by atoms with Crippen LogP contribution in [0.15, 0.2) is 30.3 Å². The van der Waals surface area contributed by atoms with Gasteiger partial charge in [0.15, 0.2) is 0 Å². The summed E-state index contributed by atoms with van der Waals surface area (Å²) < 4.78 is 5.45. The topological polar surface area (TPSA) is 83.8 Å². The van der Waals surface area contributed by atoms with Crippen LogP contribution in [0.5, 0.6) is 5.75 Å². The van der Waals surface area contributed by atoms with Gasteiger partial charge in [0.25, 0.3) is 5.78 Å². The molecule has 0 aliphatic rings. The predicted octanol–water partition coefficient (Wildman–Crippen LogP) is 2.03. The first-order valence-electron chi connectivity index (χ1n) is 5.35. The molecule has 0 saturated heterocycles. The van der Waals surface area contributed by atoms with Gasteiger partial charge < -0.3 is 14.9 Å². The van der Waals surface area contributed by atoms with Crippen molar-refractivity contribution in [2.24, 2.45) is 0 Å². The van der Waals surface area contributed by atoms with Gasteiger partial charge in [0.2, 0.25) is 0 Å². The molecule has 0 amide bonds. The third-order valence-electron chi connectivity index (χ3n) is 2.00. The SMILES string of the molecule is CC(C)Oc1ccccc1/C(O)=C/C(=O)C(=O)O. The van der Waals surface area contributed by atoms with Crippen LogP contribution < -0.4 is 4.74 Å². The molecule has 1 aromatic carbocycles. The molecule has 0 fully saturated rings. The third kappa shape index (κ3) is 3.62. The van der Waals surface area contributed by atoms with Crippen molar-refractivity contribution in [3.05, 3.63) is 35.9 Å². The van der Waals surface area contributed by atoms with E-state index in [2.05, 4.69) is 0 Å². The Balaban J connectivity index is 3.09. The normalized spacial score (nSPS) is 11.4. The zero-order chi connectivity index (χ0) is 13.7. The van der Waals surface area contributed by atoms with Gasteiger partial charge in [0.1, 0.15) is 11.5 Å². The number of ether oxygens (including phenoxy) is 1. The molecular weight excluding hydrogens is 236 g/mol. The third-order valence-corrected chi connectivity index (χ3v) is 2.00. The molecule has 0 radical (unpaired) electrons. The standard InChI is InChI=1S/C13H14O5/c1-8(2)18-12-6-4-3-5-9(12)10(14)7-11(15)13(16)17/h3-8,14H,1-2H3,(H,16,17)/b10-7-. The number of hydrogen-bond donors (Lipinski definition) is 2. The molecule has 2 N–H and O–H groups in total. The number of hydrogen-bond acceptors (Lipinski definition) is 4. The van der Waals surface area contributed by atoms with E-state index in [0.717, 1.165) is 0 Å². The minimum absolute atomic E-state index is 0.103. The van der Waals surface area contributed by atoms with E-state index in [0.29, 0.717) is 11.8 Å². The molecule has 0 aromatic heterocycles. The van der Waals surface area contributed by atoms with Crippen LogP contribution in [0.1, 0.15) is 19.4 Å². The average molecular weight is 250 g/mol. The number of aliphatic hydroxyl groups excluding tert-OH is 1. The minimum Gasteiger partial charge on any atom is -0.507 e. The summed E-state index contributed by atoms with van der Waals surface area (Å²) in [5, 5.41) is 18.2. The Hall–Kier alpha value is -2.30. The van der Waals surface area contributed by atoms with Gasteiger partial charge in [-0.1, -0.05) is 12.1 Å². The molecule has 5 nitrogen and oxygen atoms in total. The maximum Gasteiger partial charge on any atom is 0.376 e. The first-order valence-corrected chi connectivity index (χ1v) is 5.35. The van der Waals surface area contributed by atoms with E-state index in [1.807, 2.05) is 13.8 Å². The van der Waals surface area contributed by atoms with E-state index in [9.17, 15) is 14.7 Å². The van der Waals surface area contributed by atoms with Crippen LogP contribution in [0.4, 0.5) is 0 Å². The average Bonchev–Trinajstić information content (AvgIpc) is 2.28. The zero-order valence-electron chi connectivity index (χ0n) is 10.1. The van der Waals surface area contributed by atoms with Gasteiger partial charge in [0.05, 0.1) is 11.7 Å². The molecule has 0 aliphatic carbocycles. The Kier molecular flexibility index (Phi) is 4.48. The number of aliphatic hydroxyl groups is 1. The maximum atomic E-state index is 11.0. The summed E-state index contributed by atoms with van der Waals surface area (Å²) in [6.07, 6.45) is 0.555. The molecule has 0 aliphatic heterocycles. The van der Waals surface area contributed by atoms with Crippen molar-refractivity contribution in [1.82, 2.24) is 0 Å². The molecular formula is C13H14O5. The van der Waals surface area contributed by atoms with Crippen LogP contribution in [0.2, 0.25) is 0 Å². The lowest BCUT2D eigenvalue weighted by atomic mass is 10.1. The molecule has 0 atom stereocenters. The molecule has 5 heteroatoms. The molecule has 0 spiro atoms. The van der Waals surface area contributed by atoms with Gasteiger partial charge in [0, 0.05) is 6.08 Å². The summed E-state index contributed by atoms with van der Waals surface area (Å²) in [5.74, 6) is -2.85. The molecule has 0 bridgehead atoms. The van der Waals surface area contributed by atoms with E-state index < -0.39 is 17.5 Å². The second-order valence-corrected chi connectivity index (χ2v) is 3.86. The number of carbonyl (C=O) groups excluding carboxylic acids is 1.